The molecule has 3 rings (SSSR count). The third-order valence-corrected chi connectivity index (χ3v) is 4.72. The summed E-state index contributed by atoms with van der Waals surface area (Å²) in [6, 6.07) is 10.3. The van der Waals surface area contributed by atoms with Gasteiger partial charge in [0.15, 0.2) is 5.66 Å². The average molecular weight is 363 g/mol. The smallest absolute Gasteiger partial charge is 0.220 e. The molecule has 2 heterocycles. The van der Waals surface area contributed by atoms with Gasteiger partial charge in [-0.2, -0.15) is 15.3 Å². The first-order valence-electron chi connectivity index (χ1n) is 9.23. The SMILES string of the molecule is C#CCCC1(CCC(=O)NCc2cccc(Cn3nc(C)cc3C)c2)N=N1. The summed E-state index contributed by atoms with van der Waals surface area (Å²) in [5.74, 6) is 2.61. The standard InChI is InChI=1S/C21H25N5O/c1-4-5-10-21(24-25-21)11-9-20(27)22-14-18-7-6-8-19(13-18)15-26-17(3)12-16(2)23-26/h1,6-8,12-13H,5,9-11,14-15H2,2-3H3,(H,22,27). The minimum atomic E-state index is -0.399. The fraction of sp³-hybridized carbons (Fsp3) is 0.429. The summed E-state index contributed by atoms with van der Waals surface area (Å²) in [5.41, 5.74) is 4.00. The van der Waals surface area contributed by atoms with E-state index in [1.807, 2.05) is 23.7 Å². The fourth-order valence-electron chi connectivity index (χ4n) is 3.12. The molecule has 0 aliphatic carbocycles. The first kappa shape index (κ1) is 18.8. The van der Waals surface area contributed by atoms with Crippen molar-refractivity contribution in [1.29, 1.82) is 0 Å². The van der Waals surface area contributed by atoms with Crippen molar-refractivity contribution in [3.63, 3.8) is 0 Å². The highest BCUT2D eigenvalue weighted by atomic mass is 16.1. The Morgan fingerprint density at radius 2 is 2.00 bits per heavy atom. The molecule has 1 amide bonds. The lowest BCUT2D eigenvalue weighted by atomic mass is 10.0. The molecule has 0 atom stereocenters. The molecule has 0 saturated heterocycles. The van der Waals surface area contributed by atoms with Crippen LogP contribution in [-0.4, -0.2) is 21.4 Å². The molecule has 0 spiro atoms. The third-order valence-electron chi connectivity index (χ3n) is 4.72. The molecule has 2 aromatic rings. The maximum Gasteiger partial charge on any atom is 0.220 e. The van der Waals surface area contributed by atoms with Crippen LogP contribution in [0.5, 0.6) is 0 Å². The zero-order valence-electron chi connectivity index (χ0n) is 15.9. The summed E-state index contributed by atoms with van der Waals surface area (Å²) in [6.07, 6.45) is 7.68. The van der Waals surface area contributed by atoms with Crippen molar-refractivity contribution in [3.8, 4) is 12.3 Å². The number of nitrogens with zero attached hydrogens (tertiary/aromatic N) is 4. The van der Waals surface area contributed by atoms with Crippen LogP contribution in [0, 0.1) is 26.2 Å². The Balaban J connectivity index is 1.47. The van der Waals surface area contributed by atoms with Crippen LogP contribution in [0.3, 0.4) is 0 Å². The molecular formula is C21H25N5O. The number of nitrogens with one attached hydrogen (secondary N) is 1. The van der Waals surface area contributed by atoms with Crippen molar-refractivity contribution < 1.29 is 4.79 Å². The number of hydrogen-bond acceptors (Lipinski definition) is 4. The molecule has 0 bridgehead atoms. The van der Waals surface area contributed by atoms with Crippen LogP contribution < -0.4 is 5.32 Å². The van der Waals surface area contributed by atoms with Gasteiger partial charge in [0, 0.05) is 37.9 Å². The molecule has 1 N–H and O–H groups in total. The van der Waals surface area contributed by atoms with Gasteiger partial charge in [0.2, 0.25) is 5.91 Å². The topological polar surface area (TPSA) is 71.6 Å². The Kier molecular flexibility index (Phi) is 5.70. The van der Waals surface area contributed by atoms with E-state index in [9.17, 15) is 4.79 Å². The summed E-state index contributed by atoms with van der Waals surface area (Å²) < 4.78 is 1.99. The maximum absolute atomic E-state index is 12.1. The lowest BCUT2D eigenvalue weighted by Crippen LogP contribution is -2.24. The molecule has 6 nitrogen and oxygen atoms in total. The predicted molar refractivity (Wildman–Crippen MR) is 104 cm³/mol. The largest absolute Gasteiger partial charge is 0.352 e. The number of amides is 1. The maximum atomic E-state index is 12.1. The van der Waals surface area contributed by atoms with E-state index in [1.54, 1.807) is 0 Å². The molecule has 1 aromatic carbocycles. The van der Waals surface area contributed by atoms with Crippen LogP contribution in [-0.2, 0) is 17.9 Å². The van der Waals surface area contributed by atoms with Gasteiger partial charge in [-0.1, -0.05) is 24.3 Å². The van der Waals surface area contributed by atoms with E-state index in [1.165, 1.54) is 0 Å². The van der Waals surface area contributed by atoms with E-state index < -0.39 is 5.66 Å². The number of benzene rings is 1. The number of terminal acetylenes is 1. The van der Waals surface area contributed by atoms with E-state index >= 15 is 0 Å². The minimum absolute atomic E-state index is 0.0105. The lowest BCUT2D eigenvalue weighted by Gasteiger charge is -2.10. The highest BCUT2D eigenvalue weighted by Gasteiger charge is 2.39. The van der Waals surface area contributed by atoms with E-state index in [0.717, 1.165) is 35.5 Å². The molecule has 27 heavy (non-hydrogen) atoms. The normalized spacial score (nSPS) is 14.0. The van der Waals surface area contributed by atoms with Gasteiger partial charge in [0.25, 0.3) is 0 Å². The van der Waals surface area contributed by atoms with Crippen LogP contribution in [0.2, 0.25) is 0 Å². The molecule has 1 aliphatic heterocycles. The van der Waals surface area contributed by atoms with E-state index in [4.69, 9.17) is 6.42 Å². The highest BCUT2D eigenvalue weighted by molar-refractivity contribution is 5.76. The molecule has 1 aliphatic rings. The number of aromatic nitrogens is 2. The van der Waals surface area contributed by atoms with Crippen LogP contribution in [0.1, 0.15) is 48.2 Å². The summed E-state index contributed by atoms with van der Waals surface area (Å²) in [4.78, 5) is 12.1. The van der Waals surface area contributed by atoms with Crippen LogP contribution in [0.4, 0.5) is 0 Å². The van der Waals surface area contributed by atoms with Gasteiger partial charge in [-0.05, 0) is 31.0 Å². The number of rotatable bonds is 9. The van der Waals surface area contributed by atoms with Crippen LogP contribution >= 0.6 is 0 Å². The quantitative estimate of drug-likeness (QED) is 0.693. The summed E-state index contributed by atoms with van der Waals surface area (Å²) in [5, 5.41) is 15.6. The molecule has 0 unspecified atom stereocenters. The van der Waals surface area contributed by atoms with Gasteiger partial charge in [0.05, 0.1) is 12.2 Å². The van der Waals surface area contributed by atoms with Crippen molar-refractivity contribution in [1.82, 2.24) is 15.1 Å². The number of carbonyl (C=O) groups excluding carboxylic acids is 1. The Labute approximate surface area is 160 Å². The molecular weight excluding hydrogens is 338 g/mol. The molecule has 0 fully saturated rings. The van der Waals surface area contributed by atoms with Gasteiger partial charge in [-0.3, -0.25) is 9.48 Å². The Bertz CT molecular complexity index is 884. The van der Waals surface area contributed by atoms with Crippen LogP contribution in [0.15, 0.2) is 40.6 Å². The predicted octanol–water partition coefficient (Wildman–Crippen LogP) is 3.52. The number of hydrogen-bond donors (Lipinski definition) is 1. The van der Waals surface area contributed by atoms with Crippen molar-refractivity contribution in [2.24, 2.45) is 10.2 Å². The Hall–Kier alpha value is -2.94. The highest BCUT2D eigenvalue weighted by Crippen LogP contribution is 2.37. The molecule has 1 aromatic heterocycles. The van der Waals surface area contributed by atoms with Gasteiger partial charge in [0.1, 0.15) is 0 Å². The van der Waals surface area contributed by atoms with Crippen molar-refractivity contribution in [2.45, 2.75) is 58.3 Å². The van der Waals surface area contributed by atoms with Crippen molar-refractivity contribution in [3.05, 3.63) is 52.8 Å². The monoisotopic (exact) mass is 363 g/mol. The summed E-state index contributed by atoms with van der Waals surface area (Å²) in [6.45, 7) is 5.28. The lowest BCUT2D eigenvalue weighted by molar-refractivity contribution is -0.121. The van der Waals surface area contributed by atoms with Crippen LogP contribution in [0.25, 0.3) is 0 Å². The molecule has 0 radical (unpaired) electrons. The second-order valence-electron chi connectivity index (χ2n) is 7.07. The number of carbonyl (C=O) groups is 1. The van der Waals surface area contributed by atoms with Gasteiger partial charge >= 0.3 is 0 Å². The van der Waals surface area contributed by atoms with Crippen molar-refractivity contribution >= 4 is 5.91 Å². The minimum Gasteiger partial charge on any atom is -0.352 e. The number of aryl methyl sites for hydroxylation is 2. The second kappa shape index (κ2) is 8.17. The van der Waals surface area contributed by atoms with E-state index in [0.29, 0.717) is 25.8 Å². The first-order chi connectivity index (χ1) is 13.0. The zero-order chi connectivity index (χ0) is 19.3. The summed E-state index contributed by atoms with van der Waals surface area (Å²) in [7, 11) is 0. The first-order valence-corrected chi connectivity index (χ1v) is 9.23. The molecule has 0 saturated carbocycles. The summed E-state index contributed by atoms with van der Waals surface area (Å²) >= 11 is 0. The molecule has 140 valence electrons. The van der Waals surface area contributed by atoms with E-state index in [-0.39, 0.29) is 5.91 Å². The van der Waals surface area contributed by atoms with Gasteiger partial charge in [-0.25, -0.2) is 0 Å². The molecule has 6 heteroatoms. The average Bonchev–Trinajstić information content (AvgIpc) is 3.36. The second-order valence-corrected chi connectivity index (χ2v) is 7.07. The van der Waals surface area contributed by atoms with Gasteiger partial charge in [-0.15, -0.1) is 12.3 Å². The zero-order valence-corrected chi connectivity index (χ0v) is 15.9. The van der Waals surface area contributed by atoms with Crippen molar-refractivity contribution in [2.75, 3.05) is 0 Å². The Morgan fingerprint density at radius 3 is 2.67 bits per heavy atom. The van der Waals surface area contributed by atoms with E-state index in [2.05, 4.69) is 51.7 Å². The third kappa shape index (κ3) is 5.27. The Morgan fingerprint density at radius 1 is 1.22 bits per heavy atom. The fourth-order valence-corrected chi connectivity index (χ4v) is 3.12. The van der Waals surface area contributed by atoms with Gasteiger partial charge < -0.3 is 5.32 Å².